The Kier molecular flexibility index (Phi) is 5.95. The van der Waals surface area contributed by atoms with Crippen molar-refractivity contribution in [2.24, 2.45) is 5.92 Å². The fourth-order valence-electron chi connectivity index (χ4n) is 4.60. The Labute approximate surface area is 172 Å². The van der Waals surface area contributed by atoms with Crippen molar-refractivity contribution >= 4 is 11.8 Å². The number of piperidine rings is 1. The number of carbonyl (C=O) groups excluding carboxylic acids is 2. The minimum atomic E-state index is -0.322. The molecule has 0 saturated carbocycles. The Morgan fingerprint density at radius 2 is 1.62 bits per heavy atom. The van der Waals surface area contributed by atoms with Gasteiger partial charge < -0.3 is 10.2 Å². The van der Waals surface area contributed by atoms with Crippen LogP contribution >= 0.6 is 0 Å². The van der Waals surface area contributed by atoms with Gasteiger partial charge in [-0.2, -0.15) is 0 Å². The molecule has 2 aromatic carbocycles. The highest BCUT2D eigenvalue weighted by Crippen LogP contribution is 2.37. The van der Waals surface area contributed by atoms with Crippen LogP contribution in [0.2, 0.25) is 0 Å². The average Bonchev–Trinajstić information content (AvgIpc) is 3.05. The summed E-state index contributed by atoms with van der Waals surface area (Å²) >= 11 is 0. The Balaban J connectivity index is 1.34. The molecule has 152 valence electrons. The van der Waals surface area contributed by atoms with E-state index >= 15 is 0 Å². The zero-order valence-corrected chi connectivity index (χ0v) is 17.0. The van der Waals surface area contributed by atoms with Crippen LogP contribution in [-0.4, -0.2) is 47.8 Å². The van der Waals surface area contributed by atoms with E-state index in [0.717, 1.165) is 38.0 Å². The Morgan fingerprint density at radius 3 is 2.28 bits per heavy atom. The van der Waals surface area contributed by atoms with Gasteiger partial charge in [0.2, 0.25) is 11.8 Å². The summed E-state index contributed by atoms with van der Waals surface area (Å²) in [7, 11) is 1.80. The van der Waals surface area contributed by atoms with Crippen LogP contribution < -0.4 is 5.32 Å². The minimum Gasteiger partial charge on any atom is -0.353 e. The molecule has 0 spiro atoms. The highest BCUT2D eigenvalue weighted by Gasteiger charge is 2.43. The van der Waals surface area contributed by atoms with E-state index in [1.807, 2.05) is 36.4 Å². The Hall–Kier alpha value is -2.66. The molecule has 2 atom stereocenters. The minimum absolute atomic E-state index is 0.0121. The standard InChI is InChI=1S/C24H29N3O2/c1-26-22(28)16-21(23(26)19-10-6-3-7-11-19)24(29)25-20-12-14-27(15-13-20)17-18-8-4-2-5-9-18/h2-11,20-21,23H,12-17H2,1H3,(H,25,29)/t21-,23+/m1/s1. The number of carbonyl (C=O) groups is 2. The van der Waals surface area contributed by atoms with Gasteiger partial charge in [-0.1, -0.05) is 60.7 Å². The van der Waals surface area contributed by atoms with Crippen molar-refractivity contribution in [3.8, 4) is 0 Å². The molecule has 2 fully saturated rings. The molecule has 2 aliphatic rings. The van der Waals surface area contributed by atoms with Gasteiger partial charge in [0.1, 0.15) is 0 Å². The summed E-state index contributed by atoms with van der Waals surface area (Å²) in [5.41, 5.74) is 2.35. The number of hydrogen-bond donors (Lipinski definition) is 1. The quantitative estimate of drug-likeness (QED) is 0.853. The van der Waals surface area contributed by atoms with Crippen molar-refractivity contribution in [3.63, 3.8) is 0 Å². The molecule has 5 heteroatoms. The average molecular weight is 392 g/mol. The summed E-state index contributed by atoms with van der Waals surface area (Å²) < 4.78 is 0. The number of likely N-dealkylation sites (tertiary alicyclic amines) is 2. The van der Waals surface area contributed by atoms with Gasteiger partial charge in [0, 0.05) is 39.1 Å². The van der Waals surface area contributed by atoms with Gasteiger partial charge in [-0.05, 0) is 24.0 Å². The van der Waals surface area contributed by atoms with E-state index in [0.29, 0.717) is 0 Å². The van der Waals surface area contributed by atoms with Crippen LogP contribution in [0, 0.1) is 5.92 Å². The van der Waals surface area contributed by atoms with E-state index < -0.39 is 0 Å². The summed E-state index contributed by atoms with van der Waals surface area (Å²) in [6.45, 7) is 2.91. The third-order valence-corrected chi connectivity index (χ3v) is 6.25. The Morgan fingerprint density at radius 1 is 1.00 bits per heavy atom. The molecule has 0 bridgehead atoms. The molecule has 5 nitrogen and oxygen atoms in total. The van der Waals surface area contributed by atoms with Crippen LogP contribution in [0.5, 0.6) is 0 Å². The maximum absolute atomic E-state index is 13.1. The monoisotopic (exact) mass is 391 g/mol. The third-order valence-electron chi connectivity index (χ3n) is 6.25. The highest BCUT2D eigenvalue weighted by atomic mass is 16.2. The summed E-state index contributed by atoms with van der Waals surface area (Å²) in [6.07, 6.45) is 2.19. The van der Waals surface area contributed by atoms with Crippen molar-refractivity contribution in [1.29, 1.82) is 0 Å². The topological polar surface area (TPSA) is 52.7 Å². The molecule has 0 aliphatic carbocycles. The fourth-order valence-corrected chi connectivity index (χ4v) is 4.60. The van der Waals surface area contributed by atoms with Crippen molar-refractivity contribution in [3.05, 3.63) is 71.8 Å². The first-order chi connectivity index (χ1) is 14.1. The lowest BCUT2D eigenvalue weighted by atomic mass is 9.92. The number of nitrogens with one attached hydrogen (secondary N) is 1. The number of amides is 2. The molecule has 2 aromatic rings. The molecule has 0 aromatic heterocycles. The number of rotatable bonds is 5. The van der Waals surface area contributed by atoms with Crippen LogP contribution in [0.1, 0.15) is 36.4 Å². The van der Waals surface area contributed by atoms with Crippen LogP contribution in [0.3, 0.4) is 0 Å². The van der Waals surface area contributed by atoms with Crippen molar-refractivity contribution in [1.82, 2.24) is 15.1 Å². The van der Waals surface area contributed by atoms with E-state index in [2.05, 4.69) is 34.5 Å². The van der Waals surface area contributed by atoms with Crippen LogP contribution in [0.15, 0.2) is 60.7 Å². The summed E-state index contributed by atoms with van der Waals surface area (Å²) in [6, 6.07) is 20.4. The Bertz CT molecular complexity index is 832. The first-order valence-corrected chi connectivity index (χ1v) is 10.5. The zero-order valence-electron chi connectivity index (χ0n) is 17.0. The number of nitrogens with zero attached hydrogens (tertiary/aromatic N) is 2. The summed E-state index contributed by atoms with van der Waals surface area (Å²) in [5.74, 6) is -0.271. The van der Waals surface area contributed by atoms with E-state index in [4.69, 9.17) is 0 Å². The van der Waals surface area contributed by atoms with E-state index in [1.165, 1.54) is 5.56 Å². The second kappa shape index (κ2) is 8.78. The van der Waals surface area contributed by atoms with Crippen molar-refractivity contribution in [2.75, 3.05) is 20.1 Å². The van der Waals surface area contributed by atoms with Crippen LogP contribution in [-0.2, 0) is 16.1 Å². The maximum Gasteiger partial charge on any atom is 0.226 e. The van der Waals surface area contributed by atoms with Gasteiger partial charge in [0.25, 0.3) is 0 Å². The van der Waals surface area contributed by atoms with Gasteiger partial charge in [-0.25, -0.2) is 0 Å². The lowest BCUT2D eigenvalue weighted by Gasteiger charge is -2.33. The lowest BCUT2D eigenvalue weighted by Crippen LogP contribution is -2.46. The number of hydrogen-bond acceptors (Lipinski definition) is 3. The molecule has 2 amide bonds. The smallest absolute Gasteiger partial charge is 0.226 e. The first kappa shape index (κ1) is 19.6. The van der Waals surface area contributed by atoms with Gasteiger partial charge in [-0.15, -0.1) is 0 Å². The van der Waals surface area contributed by atoms with Gasteiger partial charge >= 0.3 is 0 Å². The maximum atomic E-state index is 13.1. The summed E-state index contributed by atoms with van der Waals surface area (Å²) in [4.78, 5) is 29.5. The van der Waals surface area contributed by atoms with Crippen LogP contribution in [0.25, 0.3) is 0 Å². The molecule has 0 unspecified atom stereocenters. The second-order valence-corrected chi connectivity index (χ2v) is 8.22. The second-order valence-electron chi connectivity index (χ2n) is 8.22. The normalized spacial score (nSPS) is 23.3. The SMILES string of the molecule is CN1C(=O)C[C@@H](C(=O)NC2CCN(Cc3ccccc3)CC2)[C@@H]1c1ccccc1. The molecule has 2 heterocycles. The molecule has 2 aliphatic heterocycles. The molecular weight excluding hydrogens is 362 g/mol. The predicted molar refractivity (Wildman–Crippen MR) is 113 cm³/mol. The van der Waals surface area contributed by atoms with Gasteiger partial charge in [0.05, 0.1) is 12.0 Å². The van der Waals surface area contributed by atoms with E-state index in [-0.39, 0.29) is 36.2 Å². The molecule has 1 N–H and O–H groups in total. The van der Waals surface area contributed by atoms with E-state index in [1.54, 1.807) is 11.9 Å². The van der Waals surface area contributed by atoms with Gasteiger partial charge in [-0.3, -0.25) is 14.5 Å². The number of benzene rings is 2. The molecule has 2 saturated heterocycles. The lowest BCUT2D eigenvalue weighted by molar-refractivity contribution is -0.128. The predicted octanol–water partition coefficient (Wildman–Crippen LogP) is 2.99. The van der Waals surface area contributed by atoms with Crippen molar-refractivity contribution in [2.45, 2.75) is 37.9 Å². The molecular formula is C24H29N3O2. The fraction of sp³-hybridized carbons (Fsp3) is 0.417. The molecule has 0 radical (unpaired) electrons. The van der Waals surface area contributed by atoms with E-state index in [9.17, 15) is 9.59 Å². The largest absolute Gasteiger partial charge is 0.353 e. The zero-order chi connectivity index (χ0) is 20.2. The summed E-state index contributed by atoms with van der Waals surface area (Å²) in [5, 5.41) is 3.24. The molecule has 4 rings (SSSR count). The molecule has 29 heavy (non-hydrogen) atoms. The third kappa shape index (κ3) is 4.51. The van der Waals surface area contributed by atoms with Gasteiger partial charge in [0.15, 0.2) is 0 Å². The first-order valence-electron chi connectivity index (χ1n) is 10.5. The van der Waals surface area contributed by atoms with Crippen LogP contribution in [0.4, 0.5) is 0 Å². The highest BCUT2D eigenvalue weighted by molar-refractivity contribution is 5.90. The van der Waals surface area contributed by atoms with Crippen molar-refractivity contribution < 1.29 is 9.59 Å².